The normalized spacial score (nSPS) is 16.6. The minimum Gasteiger partial charge on any atom is -0.394 e. The van der Waals surface area contributed by atoms with Crippen LogP contribution >= 0.6 is 0 Å². The number of nitrogens with two attached hydrogens (primary N) is 1. The molecule has 0 aliphatic heterocycles. The zero-order valence-corrected chi connectivity index (χ0v) is 12.9. The second kappa shape index (κ2) is 11.5. The first-order valence-electron chi connectivity index (χ1n) is 7.47. The maximum Gasteiger partial charge on any atom is 0.217 e. The smallest absolute Gasteiger partial charge is 0.217 e. The summed E-state index contributed by atoms with van der Waals surface area (Å²) in [4.78, 5) is 23.0. The van der Waals surface area contributed by atoms with Gasteiger partial charge in [0.25, 0.3) is 0 Å². The molecule has 0 aromatic carbocycles. The fraction of sp³-hybridized carbons (Fsp3) is 0.857. The second-order valence-electron chi connectivity index (χ2n) is 5.38. The molecule has 0 fully saturated rings. The first-order chi connectivity index (χ1) is 10.3. The van der Waals surface area contributed by atoms with Crippen molar-refractivity contribution < 1.29 is 30.0 Å². The standard InChI is InChI=1S/C14H28N2O6/c1-9(18)16-11(13(21)14(22)12(20)8-17)7-10(19)5-3-2-4-6-15/h11-14,17,20-22H,2-8,15H2,1H3,(H,16,18)/t11-,12+,13+,14+/m0/s1. The van der Waals surface area contributed by atoms with Crippen LogP contribution in [0.1, 0.15) is 39.0 Å². The van der Waals surface area contributed by atoms with Crippen LogP contribution in [0.15, 0.2) is 0 Å². The van der Waals surface area contributed by atoms with E-state index in [1.807, 2.05) is 0 Å². The lowest BCUT2D eigenvalue weighted by molar-refractivity contribution is -0.127. The Balaban J connectivity index is 4.56. The van der Waals surface area contributed by atoms with Crippen molar-refractivity contribution in [2.75, 3.05) is 13.2 Å². The number of rotatable bonds is 12. The Morgan fingerprint density at radius 1 is 1.09 bits per heavy atom. The molecule has 8 heteroatoms. The number of amides is 1. The Morgan fingerprint density at radius 2 is 1.73 bits per heavy atom. The largest absolute Gasteiger partial charge is 0.394 e. The van der Waals surface area contributed by atoms with E-state index in [9.17, 15) is 24.9 Å². The molecule has 8 nitrogen and oxygen atoms in total. The SMILES string of the molecule is CC(=O)N[C@@H](CC(=O)CCCCCN)[C@@H](O)[C@H](O)[C@H](O)CO. The predicted octanol–water partition coefficient (Wildman–Crippen LogP) is -1.96. The van der Waals surface area contributed by atoms with Crippen LogP contribution in [0.5, 0.6) is 0 Å². The Bertz CT molecular complexity index is 339. The summed E-state index contributed by atoms with van der Waals surface area (Å²) >= 11 is 0. The number of nitrogens with one attached hydrogen (secondary N) is 1. The van der Waals surface area contributed by atoms with E-state index in [4.69, 9.17) is 10.8 Å². The highest BCUT2D eigenvalue weighted by molar-refractivity contribution is 5.80. The average Bonchev–Trinajstić information content (AvgIpc) is 2.48. The number of carbonyl (C=O) groups is 2. The van der Waals surface area contributed by atoms with Crippen LogP contribution in [0, 0.1) is 0 Å². The van der Waals surface area contributed by atoms with Crippen molar-refractivity contribution in [1.82, 2.24) is 5.32 Å². The van der Waals surface area contributed by atoms with Gasteiger partial charge in [-0.05, 0) is 19.4 Å². The van der Waals surface area contributed by atoms with Crippen LogP contribution < -0.4 is 11.1 Å². The van der Waals surface area contributed by atoms with Gasteiger partial charge in [-0.3, -0.25) is 9.59 Å². The zero-order chi connectivity index (χ0) is 17.1. The van der Waals surface area contributed by atoms with E-state index < -0.39 is 36.9 Å². The molecule has 0 bridgehead atoms. The third-order valence-corrected chi connectivity index (χ3v) is 3.34. The van der Waals surface area contributed by atoms with Crippen molar-refractivity contribution in [1.29, 1.82) is 0 Å². The van der Waals surface area contributed by atoms with Gasteiger partial charge < -0.3 is 31.5 Å². The van der Waals surface area contributed by atoms with Gasteiger partial charge in [-0.1, -0.05) is 6.42 Å². The van der Waals surface area contributed by atoms with E-state index in [1.54, 1.807) is 0 Å². The first-order valence-corrected chi connectivity index (χ1v) is 7.47. The highest BCUT2D eigenvalue weighted by Gasteiger charge is 2.32. The fourth-order valence-electron chi connectivity index (χ4n) is 2.08. The molecular formula is C14H28N2O6. The fourth-order valence-corrected chi connectivity index (χ4v) is 2.08. The molecule has 0 aromatic heterocycles. The van der Waals surface area contributed by atoms with Crippen LogP contribution in [0.2, 0.25) is 0 Å². The number of aliphatic hydroxyl groups excluding tert-OH is 4. The summed E-state index contributed by atoms with van der Waals surface area (Å²) in [7, 11) is 0. The molecule has 22 heavy (non-hydrogen) atoms. The number of ketones is 1. The monoisotopic (exact) mass is 320 g/mol. The maximum absolute atomic E-state index is 11.9. The molecule has 0 heterocycles. The van der Waals surface area contributed by atoms with E-state index in [-0.39, 0.29) is 12.2 Å². The third kappa shape index (κ3) is 8.40. The molecule has 0 aliphatic carbocycles. The van der Waals surface area contributed by atoms with Crippen molar-refractivity contribution in [3.8, 4) is 0 Å². The van der Waals surface area contributed by atoms with Gasteiger partial charge in [-0.2, -0.15) is 0 Å². The van der Waals surface area contributed by atoms with Gasteiger partial charge >= 0.3 is 0 Å². The molecule has 0 spiro atoms. The Hall–Kier alpha value is -1.06. The van der Waals surface area contributed by atoms with Crippen molar-refractivity contribution >= 4 is 11.7 Å². The topological polar surface area (TPSA) is 153 Å². The number of unbranched alkanes of at least 4 members (excludes halogenated alkanes) is 2. The molecule has 0 saturated heterocycles. The minimum atomic E-state index is -1.66. The highest BCUT2D eigenvalue weighted by Crippen LogP contribution is 2.11. The summed E-state index contributed by atoms with van der Waals surface area (Å²) < 4.78 is 0. The lowest BCUT2D eigenvalue weighted by Gasteiger charge is -2.29. The lowest BCUT2D eigenvalue weighted by atomic mass is 9.95. The quantitative estimate of drug-likeness (QED) is 0.228. The van der Waals surface area contributed by atoms with Crippen LogP contribution in [0.3, 0.4) is 0 Å². The van der Waals surface area contributed by atoms with E-state index in [0.717, 1.165) is 12.8 Å². The van der Waals surface area contributed by atoms with Gasteiger partial charge in [0.1, 0.15) is 24.1 Å². The first kappa shape index (κ1) is 20.9. The lowest BCUT2D eigenvalue weighted by Crippen LogP contribution is -2.53. The average molecular weight is 320 g/mol. The molecular weight excluding hydrogens is 292 g/mol. The van der Waals surface area contributed by atoms with E-state index in [2.05, 4.69) is 5.32 Å². The number of aliphatic hydroxyl groups is 4. The summed E-state index contributed by atoms with van der Waals surface area (Å²) in [5, 5.41) is 40.2. The second-order valence-corrected chi connectivity index (χ2v) is 5.38. The van der Waals surface area contributed by atoms with Crippen LogP contribution in [-0.4, -0.2) is 69.6 Å². The van der Waals surface area contributed by atoms with Gasteiger partial charge in [0.05, 0.1) is 12.6 Å². The van der Waals surface area contributed by atoms with E-state index in [0.29, 0.717) is 19.4 Å². The predicted molar refractivity (Wildman–Crippen MR) is 79.9 cm³/mol. The number of Topliss-reactive ketones (excluding diaryl/α,β-unsaturated/α-hetero) is 1. The van der Waals surface area contributed by atoms with Crippen LogP contribution in [0.25, 0.3) is 0 Å². The molecule has 0 saturated carbocycles. The highest BCUT2D eigenvalue weighted by atomic mass is 16.4. The Kier molecular flexibility index (Phi) is 10.9. The minimum absolute atomic E-state index is 0.154. The van der Waals surface area contributed by atoms with Crippen LogP contribution in [-0.2, 0) is 9.59 Å². The van der Waals surface area contributed by atoms with Crippen molar-refractivity contribution in [2.24, 2.45) is 5.73 Å². The van der Waals surface area contributed by atoms with Gasteiger partial charge in [0.15, 0.2) is 0 Å². The Morgan fingerprint density at radius 3 is 2.23 bits per heavy atom. The molecule has 0 unspecified atom stereocenters. The van der Waals surface area contributed by atoms with Gasteiger partial charge in [-0.25, -0.2) is 0 Å². The molecule has 4 atom stereocenters. The van der Waals surface area contributed by atoms with Gasteiger partial charge in [0.2, 0.25) is 5.91 Å². The summed E-state index contributed by atoms with van der Waals surface area (Å²) in [5.41, 5.74) is 5.36. The molecule has 0 radical (unpaired) electrons. The van der Waals surface area contributed by atoms with E-state index >= 15 is 0 Å². The molecule has 1 amide bonds. The van der Waals surface area contributed by atoms with Gasteiger partial charge in [0, 0.05) is 19.8 Å². The summed E-state index contributed by atoms with van der Waals surface area (Å²) in [6.07, 6.45) is -2.31. The molecule has 0 rings (SSSR count). The summed E-state index contributed by atoms with van der Waals surface area (Å²) in [6.45, 7) is 1.05. The van der Waals surface area contributed by atoms with Crippen molar-refractivity contribution in [2.45, 2.75) is 63.4 Å². The summed E-state index contributed by atoms with van der Waals surface area (Å²) in [5.74, 6) is -0.633. The molecule has 7 N–H and O–H groups in total. The van der Waals surface area contributed by atoms with Crippen molar-refractivity contribution in [3.05, 3.63) is 0 Å². The summed E-state index contributed by atoms with van der Waals surface area (Å²) in [6, 6.07) is -1.02. The molecule has 130 valence electrons. The number of hydrogen-bond donors (Lipinski definition) is 6. The number of carbonyl (C=O) groups excluding carboxylic acids is 2. The maximum atomic E-state index is 11.9. The molecule has 0 aliphatic rings. The van der Waals surface area contributed by atoms with Crippen molar-refractivity contribution in [3.63, 3.8) is 0 Å². The Labute approximate surface area is 130 Å². The molecule has 0 aromatic rings. The third-order valence-electron chi connectivity index (χ3n) is 3.34. The zero-order valence-electron chi connectivity index (χ0n) is 12.9. The number of hydrogen-bond acceptors (Lipinski definition) is 7. The van der Waals surface area contributed by atoms with Gasteiger partial charge in [-0.15, -0.1) is 0 Å². The van der Waals surface area contributed by atoms with Crippen LogP contribution in [0.4, 0.5) is 0 Å². The van der Waals surface area contributed by atoms with E-state index in [1.165, 1.54) is 6.92 Å².